The first-order chi connectivity index (χ1) is 18.5. The number of aromatic nitrogens is 2. The van der Waals surface area contributed by atoms with Gasteiger partial charge in [-0.1, -0.05) is 11.8 Å². The summed E-state index contributed by atoms with van der Waals surface area (Å²) in [5.41, 5.74) is 0.0195. The van der Waals surface area contributed by atoms with E-state index in [9.17, 15) is 22.4 Å². The fourth-order valence-electron chi connectivity index (χ4n) is 4.32. The fraction of sp³-hybridized carbons (Fsp3) is 0.321. The number of likely N-dealkylation sites (N-methyl/N-ethyl adjacent to an activating group) is 1. The molecule has 1 atom stereocenters. The third-order valence-corrected chi connectivity index (χ3v) is 6.48. The molecular formula is C28H28F4N6O. The lowest BCUT2D eigenvalue weighted by atomic mass is 10.0. The predicted molar refractivity (Wildman–Crippen MR) is 142 cm³/mol. The zero-order chi connectivity index (χ0) is 28.2. The van der Waals surface area contributed by atoms with E-state index < -0.39 is 23.5 Å². The Hall–Kier alpha value is -4.17. The summed E-state index contributed by atoms with van der Waals surface area (Å²) in [6.45, 7) is 1.21. The van der Waals surface area contributed by atoms with Crippen LogP contribution in [-0.2, 0) is 6.18 Å². The number of carbonyl (C=O) groups is 1. The second kappa shape index (κ2) is 11.7. The Bertz CT molecular complexity index is 1400. The molecule has 0 saturated carbocycles. The van der Waals surface area contributed by atoms with E-state index in [4.69, 9.17) is 0 Å². The molecule has 204 valence electrons. The van der Waals surface area contributed by atoms with Crippen LogP contribution in [0.3, 0.4) is 0 Å². The molecule has 1 aliphatic heterocycles. The molecule has 4 rings (SSSR count). The molecule has 39 heavy (non-hydrogen) atoms. The predicted octanol–water partition coefficient (Wildman–Crippen LogP) is 4.86. The molecule has 1 aromatic heterocycles. The molecule has 2 aromatic carbocycles. The minimum absolute atomic E-state index is 0.0353. The Kier molecular flexibility index (Phi) is 8.35. The average Bonchev–Trinajstić information content (AvgIpc) is 2.92. The summed E-state index contributed by atoms with van der Waals surface area (Å²) in [5.74, 6) is 4.41. The number of nitrogens with zero attached hydrogens (tertiary/aromatic N) is 4. The Morgan fingerprint density at radius 1 is 1.08 bits per heavy atom. The van der Waals surface area contributed by atoms with Gasteiger partial charge >= 0.3 is 6.18 Å². The van der Waals surface area contributed by atoms with Crippen LogP contribution in [0.15, 0.2) is 48.8 Å². The van der Waals surface area contributed by atoms with Crippen LogP contribution in [0.1, 0.15) is 39.9 Å². The Morgan fingerprint density at radius 2 is 1.79 bits per heavy atom. The van der Waals surface area contributed by atoms with Gasteiger partial charge in [0.1, 0.15) is 5.82 Å². The average molecular weight is 541 g/mol. The van der Waals surface area contributed by atoms with Crippen molar-refractivity contribution < 1.29 is 22.4 Å². The zero-order valence-electron chi connectivity index (χ0n) is 21.7. The highest BCUT2D eigenvalue weighted by Gasteiger charge is 2.32. The van der Waals surface area contributed by atoms with Crippen LogP contribution in [0.4, 0.5) is 34.9 Å². The summed E-state index contributed by atoms with van der Waals surface area (Å²) in [6.07, 6.45) is 0.215. The van der Waals surface area contributed by atoms with Crippen LogP contribution >= 0.6 is 0 Å². The van der Waals surface area contributed by atoms with Crippen molar-refractivity contribution in [3.05, 3.63) is 76.9 Å². The van der Waals surface area contributed by atoms with Gasteiger partial charge in [-0.15, -0.1) is 0 Å². The van der Waals surface area contributed by atoms with Crippen LogP contribution in [0.2, 0.25) is 0 Å². The molecule has 11 heteroatoms. The van der Waals surface area contributed by atoms with E-state index in [0.29, 0.717) is 35.9 Å². The molecule has 1 aliphatic rings. The first-order valence-corrected chi connectivity index (χ1v) is 12.3. The maximum absolute atomic E-state index is 14.7. The number of hydrogen-bond acceptors (Lipinski definition) is 6. The normalized spacial score (nSPS) is 15.5. The van der Waals surface area contributed by atoms with E-state index in [1.54, 1.807) is 7.05 Å². The van der Waals surface area contributed by atoms with Crippen molar-refractivity contribution >= 4 is 23.2 Å². The van der Waals surface area contributed by atoms with Crippen molar-refractivity contribution in [1.29, 1.82) is 0 Å². The molecule has 0 aliphatic carbocycles. The first kappa shape index (κ1) is 27.9. The zero-order valence-corrected chi connectivity index (χ0v) is 21.7. The van der Waals surface area contributed by atoms with Gasteiger partial charge in [0.15, 0.2) is 0 Å². The Labute approximate surface area is 224 Å². The number of anilines is 3. The van der Waals surface area contributed by atoms with Crippen LogP contribution in [-0.4, -0.2) is 61.0 Å². The number of halogens is 4. The van der Waals surface area contributed by atoms with Gasteiger partial charge in [0.05, 0.1) is 28.1 Å². The minimum atomic E-state index is -4.61. The van der Waals surface area contributed by atoms with Gasteiger partial charge in [-0.2, -0.15) is 13.2 Å². The highest BCUT2D eigenvalue weighted by atomic mass is 19.4. The van der Waals surface area contributed by atoms with Crippen molar-refractivity contribution in [3.8, 4) is 11.8 Å². The number of amides is 1. The van der Waals surface area contributed by atoms with Crippen LogP contribution in [0.5, 0.6) is 0 Å². The van der Waals surface area contributed by atoms with E-state index in [0.717, 1.165) is 31.0 Å². The molecule has 0 radical (unpaired) electrons. The van der Waals surface area contributed by atoms with E-state index >= 15 is 0 Å². The summed E-state index contributed by atoms with van der Waals surface area (Å²) in [6, 6.07) is 7.21. The van der Waals surface area contributed by atoms with Crippen molar-refractivity contribution in [3.63, 3.8) is 0 Å². The Morgan fingerprint density at radius 3 is 2.46 bits per heavy atom. The molecule has 1 fully saturated rings. The first-order valence-electron chi connectivity index (χ1n) is 12.3. The lowest BCUT2D eigenvalue weighted by Crippen LogP contribution is -2.45. The molecule has 1 saturated heterocycles. The largest absolute Gasteiger partial charge is 0.416 e. The molecule has 0 bridgehead atoms. The van der Waals surface area contributed by atoms with Gasteiger partial charge < -0.3 is 20.4 Å². The summed E-state index contributed by atoms with van der Waals surface area (Å²) in [5, 5.41) is 5.32. The molecule has 7 nitrogen and oxygen atoms in total. The fourth-order valence-corrected chi connectivity index (χ4v) is 4.32. The van der Waals surface area contributed by atoms with E-state index in [2.05, 4.69) is 37.3 Å². The lowest BCUT2D eigenvalue weighted by molar-refractivity contribution is -0.137. The summed E-state index contributed by atoms with van der Waals surface area (Å²) < 4.78 is 55.3. The maximum atomic E-state index is 14.7. The lowest BCUT2D eigenvalue weighted by Gasteiger charge is -2.38. The number of alkyl halides is 3. The Balaban J connectivity index is 1.63. The van der Waals surface area contributed by atoms with Crippen LogP contribution in [0, 0.1) is 17.7 Å². The highest BCUT2D eigenvalue weighted by Crippen LogP contribution is 2.37. The van der Waals surface area contributed by atoms with Gasteiger partial charge in [0.2, 0.25) is 5.95 Å². The van der Waals surface area contributed by atoms with E-state index in [-0.39, 0.29) is 17.3 Å². The number of carbonyl (C=O) groups excluding carboxylic acids is 1. The highest BCUT2D eigenvalue weighted by molar-refractivity contribution is 6.06. The molecule has 0 unspecified atom stereocenters. The standard InChI is InChI=1S/C28H28F4N6O/c1-33-27-34-15-19(16-35-27)7-6-18-8-10-23(29)22(13-18)26(39)36-24-14-20(28(30,31)32)9-11-25(24)38-12-4-5-21(17-38)37(2)3/h8-11,13-16,21H,4-5,12,17H2,1-3H3,(H,36,39)(H,33,34,35)/t21-/m0/s1. The second-order valence-corrected chi connectivity index (χ2v) is 9.38. The number of nitrogens with one attached hydrogen (secondary N) is 2. The number of piperidine rings is 1. The minimum Gasteiger partial charge on any atom is -0.368 e. The monoisotopic (exact) mass is 540 g/mol. The second-order valence-electron chi connectivity index (χ2n) is 9.38. The molecule has 2 heterocycles. The molecule has 3 aromatic rings. The third-order valence-electron chi connectivity index (χ3n) is 6.48. The topological polar surface area (TPSA) is 73.4 Å². The summed E-state index contributed by atoms with van der Waals surface area (Å²) in [4.78, 5) is 25.3. The smallest absolute Gasteiger partial charge is 0.368 e. The van der Waals surface area contributed by atoms with Crippen LogP contribution < -0.4 is 15.5 Å². The molecule has 2 N–H and O–H groups in total. The number of hydrogen-bond donors (Lipinski definition) is 2. The van der Waals surface area contributed by atoms with Gasteiger partial charge in [0, 0.05) is 44.1 Å². The van der Waals surface area contributed by atoms with E-state index in [1.165, 1.54) is 30.6 Å². The third kappa shape index (κ3) is 6.83. The molecule has 1 amide bonds. The van der Waals surface area contributed by atoms with Crippen LogP contribution in [0.25, 0.3) is 0 Å². The number of benzene rings is 2. The van der Waals surface area contributed by atoms with Crippen molar-refractivity contribution in [2.45, 2.75) is 25.1 Å². The van der Waals surface area contributed by atoms with Gasteiger partial charge in [0.25, 0.3) is 5.91 Å². The summed E-state index contributed by atoms with van der Waals surface area (Å²) >= 11 is 0. The summed E-state index contributed by atoms with van der Waals surface area (Å²) in [7, 11) is 5.58. The van der Waals surface area contributed by atoms with Gasteiger partial charge in [-0.25, -0.2) is 14.4 Å². The van der Waals surface area contributed by atoms with Gasteiger partial charge in [-0.05, 0) is 63.3 Å². The molecule has 0 spiro atoms. The molecular weight excluding hydrogens is 512 g/mol. The quantitative estimate of drug-likeness (QED) is 0.356. The number of rotatable bonds is 5. The van der Waals surface area contributed by atoms with Gasteiger partial charge in [-0.3, -0.25) is 4.79 Å². The van der Waals surface area contributed by atoms with Crippen molar-refractivity contribution in [1.82, 2.24) is 14.9 Å². The SMILES string of the molecule is CNc1ncc(C#Cc2ccc(F)c(C(=O)Nc3cc(C(F)(F)F)ccc3N3CCC[C@H](N(C)C)C3)c2)cn1. The van der Waals surface area contributed by atoms with Crippen molar-refractivity contribution in [2.75, 3.05) is 49.8 Å². The van der Waals surface area contributed by atoms with E-state index in [1.807, 2.05) is 19.0 Å². The maximum Gasteiger partial charge on any atom is 0.416 e. The van der Waals surface area contributed by atoms with Crippen molar-refractivity contribution in [2.24, 2.45) is 0 Å².